The summed E-state index contributed by atoms with van der Waals surface area (Å²) in [5.74, 6) is -3.53. The van der Waals surface area contributed by atoms with Gasteiger partial charge >= 0.3 is 6.18 Å². The minimum Gasteiger partial charge on any atom is -0.373 e. The quantitative estimate of drug-likeness (QED) is 0.294. The standard InChI is InChI=1S/C26H23F5N6O/c1-12-13(2)34-25-23(33-12)22(17-5-6-18(26(29,30)31)21(28)20(17)27)35-24(36-25)14-7-8-38-19(9-14)15-10-32-37(11-15)16-3-4-16/h5-6,10-11,14,16,19H,3-4,7-9H2,1-2H3/t14-,19-/m1/s1. The molecule has 0 unspecified atom stereocenters. The van der Waals surface area contributed by atoms with Crippen LogP contribution in [0.5, 0.6) is 0 Å². The van der Waals surface area contributed by atoms with Crippen LogP contribution < -0.4 is 0 Å². The molecular weight excluding hydrogens is 507 g/mol. The molecule has 0 radical (unpaired) electrons. The van der Waals surface area contributed by atoms with Gasteiger partial charge in [0.25, 0.3) is 0 Å². The van der Waals surface area contributed by atoms with Crippen molar-refractivity contribution in [3.63, 3.8) is 0 Å². The second-order valence-corrected chi connectivity index (χ2v) is 9.85. The van der Waals surface area contributed by atoms with E-state index in [9.17, 15) is 17.6 Å². The Morgan fingerprint density at radius 3 is 2.45 bits per heavy atom. The zero-order valence-corrected chi connectivity index (χ0v) is 20.6. The number of nitrogens with zero attached hydrogens (tertiary/aromatic N) is 6. The number of fused-ring (bicyclic) bond motifs is 1. The summed E-state index contributed by atoms with van der Waals surface area (Å²) in [6, 6.07) is 1.82. The molecule has 0 N–H and O–H groups in total. The highest BCUT2D eigenvalue weighted by molar-refractivity contribution is 5.87. The summed E-state index contributed by atoms with van der Waals surface area (Å²) in [6.45, 7) is 3.85. The summed E-state index contributed by atoms with van der Waals surface area (Å²) < 4.78 is 77.1. The van der Waals surface area contributed by atoms with Crippen LogP contribution in [0, 0.1) is 25.5 Å². The Hall–Kier alpha value is -3.54. The second-order valence-electron chi connectivity index (χ2n) is 9.85. The summed E-state index contributed by atoms with van der Waals surface area (Å²) in [4.78, 5) is 18.1. The molecule has 4 aromatic rings. The van der Waals surface area contributed by atoms with Crippen LogP contribution >= 0.6 is 0 Å². The van der Waals surface area contributed by atoms with Gasteiger partial charge in [-0.1, -0.05) is 0 Å². The normalized spacial score (nSPS) is 20.3. The maximum absolute atomic E-state index is 15.1. The average Bonchev–Trinajstić information content (AvgIpc) is 3.61. The lowest BCUT2D eigenvalue weighted by atomic mass is 9.92. The van der Waals surface area contributed by atoms with E-state index in [-0.39, 0.29) is 28.9 Å². The van der Waals surface area contributed by atoms with Crippen molar-refractivity contribution in [3.8, 4) is 11.3 Å². The van der Waals surface area contributed by atoms with E-state index in [0.717, 1.165) is 24.5 Å². The minimum atomic E-state index is -5.04. The van der Waals surface area contributed by atoms with E-state index in [0.29, 0.717) is 48.8 Å². The van der Waals surface area contributed by atoms with Gasteiger partial charge in [-0.3, -0.25) is 4.68 Å². The number of hydrogen-bond acceptors (Lipinski definition) is 6. The number of aromatic nitrogens is 6. The van der Waals surface area contributed by atoms with E-state index in [4.69, 9.17) is 4.74 Å². The number of hydrogen-bond donors (Lipinski definition) is 0. The number of ether oxygens (including phenoxy) is 1. The molecule has 1 aliphatic heterocycles. The van der Waals surface area contributed by atoms with Gasteiger partial charge in [0.15, 0.2) is 17.3 Å². The zero-order valence-electron chi connectivity index (χ0n) is 20.6. The third-order valence-corrected chi connectivity index (χ3v) is 7.17. The van der Waals surface area contributed by atoms with Crippen LogP contribution in [0.3, 0.4) is 0 Å². The Balaban J connectivity index is 1.43. The van der Waals surface area contributed by atoms with Crippen LogP contribution in [-0.2, 0) is 10.9 Å². The Bertz CT molecular complexity index is 1550. The van der Waals surface area contributed by atoms with Gasteiger partial charge in [-0.25, -0.2) is 28.7 Å². The molecule has 0 spiro atoms. The first-order chi connectivity index (χ1) is 18.1. The lowest BCUT2D eigenvalue weighted by Gasteiger charge is -2.28. The van der Waals surface area contributed by atoms with Crippen molar-refractivity contribution in [2.24, 2.45) is 0 Å². The molecule has 38 heavy (non-hydrogen) atoms. The molecule has 2 atom stereocenters. The van der Waals surface area contributed by atoms with Gasteiger partial charge in [0.1, 0.15) is 17.0 Å². The molecule has 6 rings (SSSR count). The first-order valence-corrected chi connectivity index (χ1v) is 12.3. The number of halogens is 5. The monoisotopic (exact) mass is 530 g/mol. The van der Waals surface area contributed by atoms with Gasteiger partial charge in [0.05, 0.1) is 35.3 Å². The lowest BCUT2D eigenvalue weighted by Crippen LogP contribution is -2.20. The SMILES string of the molecule is Cc1nc2nc([C@@H]3CCO[C@@H](c4cnn(C5CC5)c4)C3)nc(-c3ccc(C(F)(F)F)c(F)c3F)c2nc1C. The van der Waals surface area contributed by atoms with Crippen LogP contribution in [0.15, 0.2) is 24.5 Å². The Morgan fingerprint density at radius 1 is 0.947 bits per heavy atom. The molecular formula is C26H23F5N6O. The van der Waals surface area contributed by atoms with Crippen LogP contribution in [-0.4, -0.2) is 36.3 Å². The van der Waals surface area contributed by atoms with Crippen LogP contribution in [0.2, 0.25) is 0 Å². The van der Waals surface area contributed by atoms with Crippen LogP contribution in [0.1, 0.15) is 72.1 Å². The Morgan fingerprint density at radius 2 is 1.71 bits per heavy atom. The summed E-state index contributed by atoms with van der Waals surface area (Å²) in [5, 5.41) is 4.44. The number of aryl methyl sites for hydroxylation is 2. The second kappa shape index (κ2) is 9.04. The summed E-state index contributed by atoms with van der Waals surface area (Å²) >= 11 is 0. The lowest BCUT2D eigenvalue weighted by molar-refractivity contribution is -0.140. The molecule has 1 saturated heterocycles. The fourth-order valence-corrected chi connectivity index (χ4v) is 4.77. The van der Waals surface area contributed by atoms with Crippen LogP contribution in [0.4, 0.5) is 22.0 Å². The minimum absolute atomic E-state index is 0.0872. The number of alkyl halides is 3. The number of benzene rings is 1. The maximum atomic E-state index is 15.1. The smallest absolute Gasteiger partial charge is 0.373 e. The molecule has 1 aliphatic carbocycles. The van der Waals surface area contributed by atoms with E-state index >= 15 is 4.39 Å². The van der Waals surface area contributed by atoms with E-state index < -0.39 is 28.9 Å². The van der Waals surface area contributed by atoms with Crippen molar-refractivity contribution in [1.82, 2.24) is 29.7 Å². The fraction of sp³-hybridized carbons (Fsp3) is 0.423. The highest BCUT2D eigenvalue weighted by Crippen LogP contribution is 2.41. The first-order valence-electron chi connectivity index (χ1n) is 12.3. The molecule has 0 bridgehead atoms. The molecule has 3 aromatic heterocycles. The van der Waals surface area contributed by atoms with E-state index in [2.05, 4.69) is 25.0 Å². The molecule has 1 saturated carbocycles. The predicted octanol–water partition coefficient (Wildman–Crippen LogP) is 6.17. The Labute approximate surface area is 214 Å². The number of rotatable bonds is 4. The van der Waals surface area contributed by atoms with Crippen molar-refractivity contribution < 1.29 is 26.7 Å². The van der Waals surface area contributed by atoms with E-state index in [1.165, 1.54) is 0 Å². The zero-order chi connectivity index (χ0) is 26.8. The summed E-state index contributed by atoms with van der Waals surface area (Å²) in [5.41, 5.74) is 0.0679. The van der Waals surface area contributed by atoms with Crippen molar-refractivity contribution in [2.75, 3.05) is 6.61 Å². The molecule has 4 heterocycles. The molecule has 7 nitrogen and oxygen atoms in total. The largest absolute Gasteiger partial charge is 0.419 e. The van der Waals surface area contributed by atoms with Gasteiger partial charge in [-0.2, -0.15) is 18.3 Å². The molecule has 2 fully saturated rings. The van der Waals surface area contributed by atoms with Gasteiger partial charge in [0, 0.05) is 29.8 Å². The molecule has 198 valence electrons. The summed E-state index contributed by atoms with van der Waals surface area (Å²) in [7, 11) is 0. The molecule has 1 aromatic carbocycles. The molecule has 2 aliphatic rings. The van der Waals surface area contributed by atoms with Crippen molar-refractivity contribution in [3.05, 3.63) is 64.5 Å². The Kier molecular flexibility index (Phi) is 5.89. The topological polar surface area (TPSA) is 78.6 Å². The van der Waals surface area contributed by atoms with Gasteiger partial charge in [-0.15, -0.1) is 0 Å². The van der Waals surface area contributed by atoms with E-state index in [1.54, 1.807) is 20.0 Å². The highest BCUT2D eigenvalue weighted by atomic mass is 19.4. The first kappa shape index (κ1) is 24.8. The van der Waals surface area contributed by atoms with Crippen molar-refractivity contribution >= 4 is 11.2 Å². The maximum Gasteiger partial charge on any atom is 0.419 e. The summed E-state index contributed by atoms with van der Waals surface area (Å²) in [6.07, 6.45) is 1.76. The van der Waals surface area contributed by atoms with Crippen LogP contribution in [0.25, 0.3) is 22.4 Å². The van der Waals surface area contributed by atoms with Gasteiger partial charge in [0.2, 0.25) is 0 Å². The third kappa shape index (κ3) is 4.40. The highest BCUT2D eigenvalue weighted by Gasteiger charge is 2.37. The average molecular weight is 531 g/mol. The van der Waals surface area contributed by atoms with Crippen molar-refractivity contribution in [1.29, 1.82) is 0 Å². The third-order valence-electron chi connectivity index (χ3n) is 7.17. The van der Waals surface area contributed by atoms with Crippen molar-refractivity contribution in [2.45, 2.75) is 63.8 Å². The van der Waals surface area contributed by atoms with Gasteiger partial charge in [-0.05, 0) is 51.7 Å². The molecule has 12 heteroatoms. The van der Waals surface area contributed by atoms with E-state index in [1.807, 2.05) is 10.9 Å². The molecule has 0 amide bonds. The fourth-order valence-electron chi connectivity index (χ4n) is 4.77. The van der Waals surface area contributed by atoms with Gasteiger partial charge < -0.3 is 4.74 Å². The predicted molar refractivity (Wildman–Crippen MR) is 126 cm³/mol.